The Bertz CT molecular complexity index is 391. The second kappa shape index (κ2) is 6.64. The van der Waals surface area contributed by atoms with Gasteiger partial charge >= 0.3 is 0 Å². The van der Waals surface area contributed by atoms with Gasteiger partial charge in [0.25, 0.3) is 0 Å². The van der Waals surface area contributed by atoms with Gasteiger partial charge in [-0.05, 0) is 59.7 Å². The zero-order chi connectivity index (χ0) is 13.0. The fourth-order valence-electron chi connectivity index (χ4n) is 2.34. The van der Waals surface area contributed by atoms with Gasteiger partial charge in [-0.1, -0.05) is 12.1 Å². The van der Waals surface area contributed by atoms with Gasteiger partial charge in [-0.2, -0.15) is 0 Å². The van der Waals surface area contributed by atoms with Gasteiger partial charge < -0.3 is 9.84 Å². The first-order chi connectivity index (χ1) is 8.68. The third-order valence-corrected chi connectivity index (χ3v) is 4.20. The molecule has 0 aromatic heterocycles. The van der Waals surface area contributed by atoms with Crippen LogP contribution < -0.4 is 0 Å². The van der Waals surface area contributed by atoms with Crippen LogP contribution in [0.25, 0.3) is 0 Å². The van der Waals surface area contributed by atoms with Crippen molar-refractivity contribution < 1.29 is 14.2 Å². The molecule has 0 bridgehead atoms. The molecule has 0 saturated carbocycles. The molecular formula is C14H18BrFO2. The van der Waals surface area contributed by atoms with Crippen molar-refractivity contribution in [1.29, 1.82) is 0 Å². The van der Waals surface area contributed by atoms with E-state index in [0.717, 1.165) is 32.3 Å². The molecule has 2 rings (SSSR count). The summed E-state index contributed by atoms with van der Waals surface area (Å²) in [5.74, 6) is -0.328. The average molecular weight is 317 g/mol. The Morgan fingerprint density at radius 2 is 2.33 bits per heavy atom. The van der Waals surface area contributed by atoms with Crippen LogP contribution in [-0.4, -0.2) is 17.8 Å². The van der Waals surface area contributed by atoms with Crippen molar-refractivity contribution in [3.8, 4) is 0 Å². The van der Waals surface area contributed by atoms with Gasteiger partial charge in [-0.3, -0.25) is 0 Å². The Morgan fingerprint density at radius 1 is 1.50 bits per heavy atom. The lowest BCUT2D eigenvalue weighted by molar-refractivity contribution is 0.0943. The molecule has 1 heterocycles. The summed E-state index contributed by atoms with van der Waals surface area (Å²) in [4.78, 5) is 0. The quantitative estimate of drug-likeness (QED) is 0.890. The van der Waals surface area contributed by atoms with Crippen LogP contribution in [0.5, 0.6) is 0 Å². The van der Waals surface area contributed by atoms with E-state index in [1.807, 2.05) is 0 Å². The van der Waals surface area contributed by atoms with Crippen molar-refractivity contribution in [2.24, 2.45) is 0 Å². The second-order valence-electron chi connectivity index (χ2n) is 4.72. The third-order valence-electron chi connectivity index (χ3n) is 3.37. The second-order valence-corrected chi connectivity index (χ2v) is 5.52. The molecule has 100 valence electrons. The Labute approximate surface area is 115 Å². The predicted octanol–water partition coefficient (Wildman–Crippen LogP) is 3.97. The topological polar surface area (TPSA) is 29.5 Å². The Kier molecular flexibility index (Phi) is 5.15. The highest BCUT2D eigenvalue weighted by Crippen LogP contribution is 2.29. The molecule has 18 heavy (non-hydrogen) atoms. The van der Waals surface area contributed by atoms with Gasteiger partial charge in [-0.15, -0.1) is 0 Å². The Morgan fingerprint density at radius 3 is 3.06 bits per heavy atom. The Hall–Kier alpha value is -0.450. The van der Waals surface area contributed by atoms with E-state index in [-0.39, 0.29) is 5.82 Å². The highest BCUT2D eigenvalue weighted by atomic mass is 79.9. The molecule has 0 radical (unpaired) electrons. The lowest BCUT2D eigenvalue weighted by Crippen LogP contribution is -2.06. The molecule has 1 aromatic carbocycles. The minimum absolute atomic E-state index is 0.328. The fourth-order valence-corrected chi connectivity index (χ4v) is 2.87. The van der Waals surface area contributed by atoms with Crippen LogP contribution in [0, 0.1) is 5.82 Å². The maximum absolute atomic E-state index is 13.3. The summed E-state index contributed by atoms with van der Waals surface area (Å²) in [6, 6.07) is 4.76. The number of ether oxygens (including phenoxy) is 1. The molecular weight excluding hydrogens is 299 g/mol. The molecule has 2 nitrogen and oxygen atoms in total. The number of benzene rings is 1. The zero-order valence-corrected chi connectivity index (χ0v) is 11.8. The van der Waals surface area contributed by atoms with E-state index in [1.165, 1.54) is 6.07 Å². The molecule has 4 heteroatoms. The van der Waals surface area contributed by atoms with Crippen molar-refractivity contribution in [2.45, 2.75) is 44.3 Å². The minimum atomic E-state index is -0.614. The summed E-state index contributed by atoms with van der Waals surface area (Å²) in [5.41, 5.74) is 0.627. The van der Waals surface area contributed by atoms with Crippen LogP contribution >= 0.6 is 15.9 Å². The molecule has 1 aromatic rings. The summed E-state index contributed by atoms with van der Waals surface area (Å²) >= 11 is 3.18. The monoisotopic (exact) mass is 316 g/mol. The van der Waals surface area contributed by atoms with Gasteiger partial charge in [0.2, 0.25) is 0 Å². The van der Waals surface area contributed by atoms with Crippen LogP contribution in [0.15, 0.2) is 22.7 Å². The third kappa shape index (κ3) is 3.53. The molecule has 0 spiro atoms. The lowest BCUT2D eigenvalue weighted by Gasteiger charge is -2.14. The standard InChI is InChI=1S/C14H18BrFO2/c15-14-11(6-2-7-12(14)16)13(17)8-1-4-10-5-3-9-18-10/h2,6-7,10,13,17H,1,3-5,8-9H2. The van der Waals surface area contributed by atoms with Gasteiger partial charge in [0.1, 0.15) is 5.82 Å². The van der Waals surface area contributed by atoms with E-state index in [2.05, 4.69) is 15.9 Å². The zero-order valence-electron chi connectivity index (χ0n) is 10.2. The maximum atomic E-state index is 13.3. The largest absolute Gasteiger partial charge is 0.388 e. The number of aliphatic hydroxyl groups excluding tert-OH is 1. The SMILES string of the molecule is OC(CCCC1CCCO1)c1cccc(F)c1Br. The molecule has 0 aliphatic carbocycles. The van der Waals surface area contributed by atoms with E-state index < -0.39 is 6.10 Å². The molecule has 1 aliphatic rings. The normalized spacial score (nSPS) is 21.2. The minimum Gasteiger partial charge on any atom is -0.388 e. The van der Waals surface area contributed by atoms with Gasteiger partial charge in [0, 0.05) is 6.61 Å². The molecule has 2 unspecified atom stereocenters. The van der Waals surface area contributed by atoms with Crippen molar-refractivity contribution >= 4 is 15.9 Å². The van der Waals surface area contributed by atoms with E-state index in [4.69, 9.17) is 4.74 Å². The highest BCUT2D eigenvalue weighted by Gasteiger charge is 2.17. The molecule has 1 N–H and O–H groups in total. The van der Waals surface area contributed by atoms with Crippen LogP contribution in [0.2, 0.25) is 0 Å². The van der Waals surface area contributed by atoms with Crippen LogP contribution in [0.1, 0.15) is 43.8 Å². The van der Waals surface area contributed by atoms with E-state index in [9.17, 15) is 9.50 Å². The van der Waals surface area contributed by atoms with Gasteiger partial charge in [-0.25, -0.2) is 4.39 Å². The fraction of sp³-hybridized carbons (Fsp3) is 0.571. The van der Waals surface area contributed by atoms with Crippen molar-refractivity contribution in [3.05, 3.63) is 34.1 Å². The Balaban J connectivity index is 1.83. The lowest BCUT2D eigenvalue weighted by atomic mass is 10.0. The molecule has 1 aliphatic heterocycles. The molecule has 0 amide bonds. The number of halogens is 2. The number of aliphatic hydroxyl groups is 1. The maximum Gasteiger partial charge on any atom is 0.137 e. The number of hydrogen-bond donors (Lipinski definition) is 1. The summed E-state index contributed by atoms with van der Waals surface area (Å²) in [5, 5.41) is 10.1. The highest BCUT2D eigenvalue weighted by molar-refractivity contribution is 9.10. The van der Waals surface area contributed by atoms with Crippen LogP contribution in [-0.2, 0) is 4.74 Å². The van der Waals surface area contributed by atoms with Gasteiger partial charge in [0.15, 0.2) is 0 Å². The smallest absolute Gasteiger partial charge is 0.137 e. The first-order valence-electron chi connectivity index (χ1n) is 6.42. The van der Waals surface area contributed by atoms with E-state index in [0.29, 0.717) is 22.6 Å². The van der Waals surface area contributed by atoms with Crippen molar-refractivity contribution in [3.63, 3.8) is 0 Å². The first kappa shape index (κ1) is 14.0. The first-order valence-corrected chi connectivity index (χ1v) is 7.21. The summed E-state index contributed by atoms with van der Waals surface area (Å²) < 4.78 is 19.2. The molecule has 1 saturated heterocycles. The average Bonchev–Trinajstić information content (AvgIpc) is 2.85. The number of hydrogen-bond acceptors (Lipinski definition) is 2. The van der Waals surface area contributed by atoms with Crippen LogP contribution in [0.4, 0.5) is 4.39 Å². The predicted molar refractivity (Wildman–Crippen MR) is 71.9 cm³/mol. The molecule has 2 atom stereocenters. The summed E-state index contributed by atoms with van der Waals surface area (Å²) in [7, 11) is 0. The van der Waals surface area contributed by atoms with Gasteiger partial charge in [0.05, 0.1) is 16.7 Å². The van der Waals surface area contributed by atoms with Crippen molar-refractivity contribution in [2.75, 3.05) is 6.61 Å². The summed E-state index contributed by atoms with van der Waals surface area (Å²) in [6.07, 6.45) is 4.52. The van der Waals surface area contributed by atoms with E-state index >= 15 is 0 Å². The van der Waals surface area contributed by atoms with Crippen molar-refractivity contribution in [1.82, 2.24) is 0 Å². The molecule has 1 fully saturated rings. The summed E-state index contributed by atoms with van der Waals surface area (Å²) in [6.45, 7) is 0.864. The van der Waals surface area contributed by atoms with E-state index in [1.54, 1.807) is 12.1 Å². The van der Waals surface area contributed by atoms with Crippen LogP contribution in [0.3, 0.4) is 0 Å². The number of rotatable bonds is 5.